The van der Waals surface area contributed by atoms with E-state index in [1.165, 1.54) is 44.3 Å². The van der Waals surface area contributed by atoms with Gasteiger partial charge >= 0.3 is 0 Å². The standard InChI is InChI=1S/C16H30N4/c1-16(2,20-9-7-5-6-8-10-20)15(17-3)11-14-12-18-19(4)13-14/h12-13,15,17H,5-11H2,1-4H3. The molecule has 4 heteroatoms. The maximum atomic E-state index is 4.29. The molecule has 1 fully saturated rings. The highest BCUT2D eigenvalue weighted by Crippen LogP contribution is 2.25. The van der Waals surface area contributed by atoms with Crippen LogP contribution in [0.3, 0.4) is 0 Å². The molecule has 0 amide bonds. The third-order valence-corrected chi connectivity index (χ3v) is 4.82. The fourth-order valence-corrected chi connectivity index (χ4v) is 3.39. The minimum Gasteiger partial charge on any atom is -0.315 e. The molecular formula is C16H30N4. The summed E-state index contributed by atoms with van der Waals surface area (Å²) in [5.74, 6) is 0. The van der Waals surface area contributed by atoms with E-state index in [0.29, 0.717) is 6.04 Å². The number of aromatic nitrogens is 2. The molecule has 0 aliphatic carbocycles. The van der Waals surface area contributed by atoms with Gasteiger partial charge in [-0.2, -0.15) is 5.10 Å². The van der Waals surface area contributed by atoms with Crippen molar-refractivity contribution in [1.82, 2.24) is 20.0 Å². The van der Waals surface area contributed by atoms with Crippen molar-refractivity contribution in [2.24, 2.45) is 7.05 Å². The summed E-state index contributed by atoms with van der Waals surface area (Å²) < 4.78 is 1.89. The van der Waals surface area contributed by atoms with Crippen molar-refractivity contribution in [2.45, 2.75) is 57.5 Å². The second kappa shape index (κ2) is 6.72. The largest absolute Gasteiger partial charge is 0.315 e. The van der Waals surface area contributed by atoms with Crippen LogP contribution in [0.4, 0.5) is 0 Å². The number of likely N-dealkylation sites (tertiary alicyclic amines) is 1. The molecule has 0 saturated carbocycles. The fraction of sp³-hybridized carbons (Fsp3) is 0.812. The Morgan fingerprint density at radius 1 is 1.25 bits per heavy atom. The van der Waals surface area contributed by atoms with Crippen molar-refractivity contribution in [3.63, 3.8) is 0 Å². The SMILES string of the molecule is CNC(Cc1cnn(C)c1)C(C)(C)N1CCCCCC1. The van der Waals surface area contributed by atoms with E-state index in [4.69, 9.17) is 0 Å². The summed E-state index contributed by atoms with van der Waals surface area (Å²) in [5, 5.41) is 7.83. The minimum atomic E-state index is 0.176. The molecule has 0 radical (unpaired) electrons. The second-order valence-electron chi connectivity index (χ2n) is 6.62. The first-order valence-corrected chi connectivity index (χ1v) is 7.94. The molecular weight excluding hydrogens is 248 g/mol. The zero-order valence-electron chi connectivity index (χ0n) is 13.5. The van der Waals surface area contributed by atoms with Gasteiger partial charge in [0.25, 0.3) is 0 Å². The van der Waals surface area contributed by atoms with Crippen LogP contribution in [0.15, 0.2) is 12.4 Å². The summed E-state index contributed by atoms with van der Waals surface area (Å²) in [4.78, 5) is 2.68. The van der Waals surface area contributed by atoms with Crippen LogP contribution < -0.4 is 5.32 Å². The first kappa shape index (κ1) is 15.5. The smallest absolute Gasteiger partial charge is 0.0522 e. The van der Waals surface area contributed by atoms with Crippen molar-refractivity contribution in [2.75, 3.05) is 20.1 Å². The number of hydrogen-bond acceptors (Lipinski definition) is 3. The van der Waals surface area contributed by atoms with Gasteiger partial charge in [0.05, 0.1) is 6.20 Å². The van der Waals surface area contributed by atoms with Gasteiger partial charge in [0.2, 0.25) is 0 Å². The van der Waals surface area contributed by atoms with Gasteiger partial charge in [0, 0.05) is 24.8 Å². The van der Waals surface area contributed by atoms with E-state index < -0.39 is 0 Å². The zero-order chi connectivity index (χ0) is 14.6. The van der Waals surface area contributed by atoms with Gasteiger partial charge in [-0.05, 0) is 58.8 Å². The topological polar surface area (TPSA) is 33.1 Å². The number of nitrogens with one attached hydrogen (secondary N) is 1. The number of hydrogen-bond donors (Lipinski definition) is 1. The van der Waals surface area contributed by atoms with Crippen LogP contribution in [0.1, 0.15) is 45.1 Å². The highest BCUT2D eigenvalue weighted by atomic mass is 15.2. The van der Waals surface area contributed by atoms with Crippen LogP contribution in [0.5, 0.6) is 0 Å². The average molecular weight is 278 g/mol. The molecule has 1 unspecified atom stereocenters. The quantitative estimate of drug-likeness (QED) is 0.896. The molecule has 1 aliphatic heterocycles. The molecule has 0 aromatic carbocycles. The van der Waals surface area contributed by atoms with Crippen molar-refractivity contribution in [3.05, 3.63) is 18.0 Å². The maximum Gasteiger partial charge on any atom is 0.0522 e. The molecule has 1 aliphatic rings. The summed E-state index contributed by atoms with van der Waals surface area (Å²) in [6.07, 6.45) is 10.6. The van der Waals surface area contributed by atoms with Crippen LogP contribution in [0.25, 0.3) is 0 Å². The van der Waals surface area contributed by atoms with Crippen LogP contribution in [-0.4, -0.2) is 46.4 Å². The fourth-order valence-electron chi connectivity index (χ4n) is 3.39. The van der Waals surface area contributed by atoms with E-state index in [1.54, 1.807) is 0 Å². The van der Waals surface area contributed by atoms with Gasteiger partial charge in [0.15, 0.2) is 0 Å². The molecule has 1 saturated heterocycles. The Kier molecular flexibility index (Phi) is 5.22. The lowest BCUT2D eigenvalue weighted by Crippen LogP contribution is -2.58. The van der Waals surface area contributed by atoms with Crippen LogP contribution >= 0.6 is 0 Å². The van der Waals surface area contributed by atoms with Gasteiger partial charge in [-0.1, -0.05) is 12.8 Å². The van der Waals surface area contributed by atoms with Crippen LogP contribution in [-0.2, 0) is 13.5 Å². The summed E-state index contributed by atoms with van der Waals surface area (Å²) >= 11 is 0. The van der Waals surface area contributed by atoms with E-state index >= 15 is 0 Å². The molecule has 4 nitrogen and oxygen atoms in total. The summed E-state index contributed by atoms with van der Waals surface area (Å²) in [6, 6.07) is 0.449. The number of likely N-dealkylation sites (N-methyl/N-ethyl adjacent to an activating group) is 1. The van der Waals surface area contributed by atoms with Crippen molar-refractivity contribution in [3.8, 4) is 0 Å². The van der Waals surface area contributed by atoms with Gasteiger partial charge in [-0.25, -0.2) is 0 Å². The van der Waals surface area contributed by atoms with E-state index in [9.17, 15) is 0 Å². The van der Waals surface area contributed by atoms with Crippen LogP contribution in [0, 0.1) is 0 Å². The van der Waals surface area contributed by atoms with Gasteiger partial charge in [-0.3, -0.25) is 9.58 Å². The number of aryl methyl sites for hydroxylation is 1. The molecule has 1 N–H and O–H groups in total. The first-order valence-electron chi connectivity index (χ1n) is 7.94. The third kappa shape index (κ3) is 3.61. The van der Waals surface area contributed by atoms with Crippen molar-refractivity contribution in [1.29, 1.82) is 0 Å². The Labute approximate surface area is 123 Å². The van der Waals surface area contributed by atoms with Gasteiger partial charge < -0.3 is 5.32 Å². The Morgan fingerprint density at radius 2 is 1.90 bits per heavy atom. The minimum absolute atomic E-state index is 0.176. The predicted molar refractivity (Wildman–Crippen MR) is 83.9 cm³/mol. The molecule has 0 spiro atoms. The van der Waals surface area contributed by atoms with Gasteiger partial charge in [0.1, 0.15) is 0 Å². The number of rotatable bonds is 5. The third-order valence-electron chi connectivity index (χ3n) is 4.82. The monoisotopic (exact) mass is 278 g/mol. The number of nitrogens with zero attached hydrogens (tertiary/aromatic N) is 3. The lowest BCUT2D eigenvalue weighted by Gasteiger charge is -2.44. The van der Waals surface area contributed by atoms with Crippen LogP contribution in [0.2, 0.25) is 0 Å². The summed E-state index contributed by atoms with van der Waals surface area (Å²) in [5.41, 5.74) is 1.49. The Morgan fingerprint density at radius 3 is 2.40 bits per heavy atom. The molecule has 2 heterocycles. The van der Waals surface area contributed by atoms with Gasteiger partial charge in [-0.15, -0.1) is 0 Å². The molecule has 1 aromatic heterocycles. The highest BCUT2D eigenvalue weighted by Gasteiger charge is 2.34. The normalized spacial score (nSPS) is 19.8. The summed E-state index contributed by atoms with van der Waals surface area (Å²) in [7, 11) is 4.07. The first-order chi connectivity index (χ1) is 9.54. The Bertz CT molecular complexity index is 402. The lowest BCUT2D eigenvalue weighted by molar-refractivity contribution is 0.0864. The van der Waals surface area contributed by atoms with E-state index in [0.717, 1.165) is 6.42 Å². The average Bonchev–Trinajstić information content (AvgIpc) is 2.68. The summed E-state index contributed by atoms with van der Waals surface area (Å²) in [6.45, 7) is 7.24. The molecule has 2 rings (SSSR count). The zero-order valence-corrected chi connectivity index (χ0v) is 13.5. The Balaban J connectivity index is 2.07. The van der Waals surface area contributed by atoms with E-state index in [1.807, 2.05) is 17.9 Å². The molecule has 1 aromatic rings. The molecule has 1 atom stereocenters. The molecule has 114 valence electrons. The highest BCUT2D eigenvalue weighted by molar-refractivity contribution is 5.09. The molecule has 0 bridgehead atoms. The maximum absolute atomic E-state index is 4.29. The van der Waals surface area contributed by atoms with E-state index in [-0.39, 0.29) is 5.54 Å². The predicted octanol–water partition coefficient (Wildman–Crippen LogP) is 2.21. The second-order valence-corrected chi connectivity index (χ2v) is 6.62. The van der Waals surface area contributed by atoms with Crippen molar-refractivity contribution >= 4 is 0 Å². The lowest BCUT2D eigenvalue weighted by atomic mass is 9.88. The van der Waals surface area contributed by atoms with E-state index in [2.05, 4.69) is 42.4 Å². The molecule has 20 heavy (non-hydrogen) atoms. The Hall–Kier alpha value is -0.870. The van der Waals surface area contributed by atoms with Crippen molar-refractivity contribution < 1.29 is 0 Å².